The summed E-state index contributed by atoms with van der Waals surface area (Å²) in [5.41, 5.74) is 4.16. The molecule has 0 spiro atoms. The van der Waals surface area contributed by atoms with E-state index in [2.05, 4.69) is 15.8 Å². The lowest BCUT2D eigenvalue weighted by molar-refractivity contribution is 0.0929. The van der Waals surface area contributed by atoms with Crippen molar-refractivity contribution in [2.75, 3.05) is 13.1 Å². The predicted molar refractivity (Wildman–Crippen MR) is 127 cm³/mol. The van der Waals surface area contributed by atoms with Gasteiger partial charge in [-0.05, 0) is 79.7 Å². The molecule has 2 aromatic heterocycles. The lowest BCUT2D eigenvalue weighted by Gasteiger charge is -2.23. The third-order valence-electron chi connectivity index (χ3n) is 6.25. The van der Waals surface area contributed by atoms with Crippen LogP contribution in [0.15, 0.2) is 70.3 Å². The van der Waals surface area contributed by atoms with E-state index in [1.54, 1.807) is 17.0 Å². The van der Waals surface area contributed by atoms with E-state index in [1.807, 2.05) is 55.5 Å². The van der Waals surface area contributed by atoms with E-state index in [-0.39, 0.29) is 17.5 Å². The molecular formula is C26H26N4O3. The van der Waals surface area contributed by atoms with Gasteiger partial charge in [0, 0.05) is 28.8 Å². The van der Waals surface area contributed by atoms with Crippen LogP contribution in [0.4, 0.5) is 0 Å². The number of carbonyl (C=O) groups excluding carboxylic acids is 1. The average Bonchev–Trinajstić information content (AvgIpc) is 3.27. The van der Waals surface area contributed by atoms with Crippen LogP contribution in [0.5, 0.6) is 0 Å². The molecule has 2 N–H and O–H groups in total. The Morgan fingerprint density at radius 3 is 2.82 bits per heavy atom. The Bertz CT molecular complexity index is 1370. The molecule has 7 heteroatoms. The molecule has 0 radical (unpaired) electrons. The van der Waals surface area contributed by atoms with Crippen LogP contribution in [-0.2, 0) is 6.54 Å². The molecule has 0 aliphatic carbocycles. The number of amides is 1. The van der Waals surface area contributed by atoms with Gasteiger partial charge in [-0.15, -0.1) is 0 Å². The van der Waals surface area contributed by atoms with Crippen molar-refractivity contribution in [3.63, 3.8) is 0 Å². The van der Waals surface area contributed by atoms with Gasteiger partial charge in [0.05, 0.1) is 12.2 Å². The topological polar surface area (TPSA) is 89.2 Å². The van der Waals surface area contributed by atoms with Crippen LogP contribution in [0.3, 0.4) is 0 Å². The van der Waals surface area contributed by atoms with Crippen molar-refractivity contribution in [1.29, 1.82) is 0 Å². The molecule has 0 unspecified atom stereocenters. The Kier molecular flexibility index (Phi) is 5.79. The largest absolute Gasteiger partial charge is 0.364 e. The Morgan fingerprint density at radius 1 is 1.18 bits per heavy atom. The van der Waals surface area contributed by atoms with Gasteiger partial charge in [-0.3, -0.25) is 9.59 Å². The zero-order chi connectivity index (χ0) is 22.8. The SMILES string of the molecule is Cc1nocc1-c1ccc2c(=O)n(Cc3cccc(C(=O)NC4CCNCC4)c3)ccc2c1. The smallest absolute Gasteiger partial charge is 0.258 e. The molecule has 1 aliphatic heterocycles. The van der Waals surface area contributed by atoms with E-state index in [9.17, 15) is 9.59 Å². The maximum atomic E-state index is 13.1. The number of hydrogen-bond acceptors (Lipinski definition) is 5. The zero-order valence-electron chi connectivity index (χ0n) is 18.5. The maximum Gasteiger partial charge on any atom is 0.258 e. The van der Waals surface area contributed by atoms with Crippen molar-refractivity contribution in [3.8, 4) is 11.1 Å². The normalized spacial score (nSPS) is 14.5. The molecule has 7 nitrogen and oxygen atoms in total. The number of piperidine rings is 1. The summed E-state index contributed by atoms with van der Waals surface area (Å²) in [6.45, 7) is 4.14. The van der Waals surface area contributed by atoms with Gasteiger partial charge in [-0.1, -0.05) is 23.4 Å². The number of aromatic nitrogens is 2. The van der Waals surface area contributed by atoms with Crippen molar-refractivity contribution in [2.45, 2.75) is 32.4 Å². The molecule has 33 heavy (non-hydrogen) atoms. The second-order valence-electron chi connectivity index (χ2n) is 8.56. The van der Waals surface area contributed by atoms with Gasteiger partial charge in [0.15, 0.2) is 0 Å². The molecule has 1 aliphatic rings. The first-order valence-electron chi connectivity index (χ1n) is 11.2. The fraction of sp³-hybridized carbons (Fsp3) is 0.269. The molecular weight excluding hydrogens is 416 g/mol. The molecule has 0 bridgehead atoms. The van der Waals surface area contributed by atoms with Crippen LogP contribution in [-0.4, -0.2) is 34.8 Å². The lowest BCUT2D eigenvalue weighted by Crippen LogP contribution is -2.42. The van der Waals surface area contributed by atoms with Gasteiger partial charge >= 0.3 is 0 Å². The van der Waals surface area contributed by atoms with Crippen LogP contribution in [0.1, 0.15) is 34.5 Å². The average molecular weight is 443 g/mol. The van der Waals surface area contributed by atoms with Gasteiger partial charge in [-0.2, -0.15) is 0 Å². The molecule has 0 saturated carbocycles. The summed E-state index contributed by atoms with van der Waals surface area (Å²) in [5.74, 6) is -0.0637. The zero-order valence-corrected chi connectivity index (χ0v) is 18.5. The van der Waals surface area contributed by atoms with Gasteiger partial charge in [0.1, 0.15) is 6.26 Å². The number of pyridine rings is 1. The number of benzene rings is 2. The minimum Gasteiger partial charge on any atom is -0.364 e. The maximum absolute atomic E-state index is 13.1. The van der Waals surface area contributed by atoms with Gasteiger partial charge in [-0.25, -0.2) is 0 Å². The van der Waals surface area contributed by atoms with Gasteiger partial charge < -0.3 is 19.7 Å². The third-order valence-corrected chi connectivity index (χ3v) is 6.25. The summed E-state index contributed by atoms with van der Waals surface area (Å²) in [7, 11) is 0. The Hall–Kier alpha value is -3.71. The van der Waals surface area contributed by atoms with Crippen molar-refractivity contribution in [3.05, 3.63) is 88.2 Å². The number of rotatable bonds is 5. The van der Waals surface area contributed by atoms with Crippen LogP contribution >= 0.6 is 0 Å². The molecule has 2 aromatic carbocycles. The molecule has 4 aromatic rings. The van der Waals surface area contributed by atoms with Crippen molar-refractivity contribution in [2.24, 2.45) is 0 Å². The summed E-state index contributed by atoms with van der Waals surface area (Å²) in [4.78, 5) is 25.8. The van der Waals surface area contributed by atoms with E-state index in [1.165, 1.54) is 0 Å². The van der Waals surface area contributed by atoms with Crippen LogP contribution in [0.2, 0.25) is 0 Å². The number of aryl methyl sites for hydroxylation is 1. The predicted octanol–water partition coefficient (Wildman–Crippen LogP) is 3.50. The fourth-order valence-corrected chi connectivity index (χ4v) is 4.39. The van der Waals surface area contributed by atoms with Crippen molar-refractivity contribution in [1.82, 2.24) is 20.4 Å². The second-order valence-corrected chi connectivity index (χ2v) is 8.56. The first-order chi connectivity index (χ1) is 16.1. The summed E-state index contributed by atoms with van der Waals surface area (Å²) >= 11 is 0. The monoisotopic (exact) mass is 442 g/mol. The summed E-state index contributed by atoms with van der Waals surface area (Å²) in [6, 6.07) is 15.4. The molecule has 1 fully saturated rings. The minimum absolute atomic E-state index is 0.0637. The van der Waals surface area contributed by atoms with E-state index >= 15 is 0 Å². The van der Waals surface area contributed by atoms with E-state index in [4.69, 9.17) is 4.52 Å². The van der Waals surface area contributed by atoms with E-state index in [0.717, 1.165) is 53.7 Å². The second kappa shape index (κ2) is 9.03. The third kappa shape index (κ3) is 4.45. The first-order valence-corrected chi connectivity index (χ1v) is 11.2. The Balaban J connectivity index is 1.37. The highest BCUT2D eigenvalue weighted by molar-refractivity contribution is 5.94. The first kappa shape index (κ1) is 21.2. The van der Waals surface area contributed by atoms with E-state index in [0.29, 0.717) is 17.5 Å². The number of carbonyl (C=O) groups is 1. The number of nitrogens with zero attached hydrogens (tertiary/aromatic N) is 2. The van der Waals surface area contributed by atoms with Gasteiger partial charge in [0.25, 0.3) is 11.5 Å². The molecule has 0 atom stereocenters. The minimum atomic E-state index is -0.0642. The molecule has 5 rings (SSSR count). The van der Waals surface area contributed by atoms with Gasteiger partial charge in [0.2, 0.25) is 0 Å². The van der Waals surface area contributed by atoms with Crippen molar-refractivity contribution >= 4 is 16.7 Å². The lowest BCUT2D eigenvalue weighted by atomic mass is 10.0. The van der Waals surface area contributed by atoms with Crippen molar-refractivity contribution < 1.29 is 9.32 Å². The quantitative estimate of drug-likeness (QED) is 0.494. The number of fused-ring (bicyclic) bond motifs is 1. The molecule has 1 saturated heterocycles. The Labute approximate surface area is 191 Å². The van der Waals surface area contributed by atoms with Crippen LogP contribution < -0.4 is 16.2 Å². The number of nitrogens with one attached hydrogen (secondary N) is 2. The van der Waals surface area contributed by atoms with Crippen LogP contribution in [0.25, 0.3) is 21.9 Å². The highest BCUT2D eigenvalue weighted by Gasteiger charge is 2.16. The van der Waals surface area contributed by atoms with E-state index < -0.39 is 0 Å². The van der Waals surface area contributed by atoms with Crippen LogP contribution in [0, 0.1) is 6.92 Å². The standard InChI is InChI=1S/C26H26N4O3/c1-17-24(16-33-29-17)19-5-6-23-20(14-19)9-12-30(26(23)32)15-18-3-2-4-21(13-18)25(31)28-22-7-10-27-11-8-22/h2-6,9,12-14,16,22,27H,7-8,10-11,15H2,1H3,(H,28,31). The highest BCUT2D eigenvalue weighted by atomic mass is 16.5. The molecule has 168 valence electrons. The molecule has 3 heterocycles. The molecule has 1 amide bonds. The fourth-order valence-electron chi connectivity index (χ4n) is 4.39. The summed E-state index contributed by atoms with van der Waals surface area (Å²) in [6.07, 6.45) is 5.30. The summed E-state index contributed by atoms with van der Waals surface area (Å²) in [5, 5.41) is 11.9. The number of hydrogen-bond donors (Lipinski definition) is 2. The highest BCUT2D eigenvalue weighted by Crippen LogP contribution is 2.25. The summed E-state index contributed by atoms with van der Waals surface area (Å²) < 4.78 is 6.72. The Morgan fingerprint density at radius 2 is 2.03 bits per heavy atom.